The van der Waals surface area contributed by atoms with Gasteiger partial charge in [0.25, 0.3) is 0 Å². The molecule has 0 saturated heterocycles. The van der Waals surface area contributed by atoms with Crippen LogP contribution in [0.2, 0.25) is 0 Å². The molecule has 3 rings (SSSR count). The van der Waals surface area contributed by atoms with Crippen molar-refractivity contribution in [2.75, 3.05) is 5.75 Å². The van der Waals surface area contributed by atoms with Crippen LogP contribution in [0.25, 0.3) is 21.8 Å². The van der Waals surface area contributed by atoms with Crippen LogP contribution < -0.4 is 0 Å². The molecule has 2 aromatic heterocycles. The Balaban J connectivity index is 2.04. The van der Waals surface area contributed by atoms with Gasteiger partial charge in [-0.25, -0.2) is 9.37 Å². The molecule has 1 N–H and O–H groups in total. The summed E-state index contributed by atoms with van der Waals surface area (Å²) in [5.41, 5.74) is 2.82. The first-order valence-corrected chi connectivity index (χ1v) is 8.67. The smallest absolute Gasteiger partial charge is 0.166 e. The molecule has 0 aliphatic carbocycles. The summed E-state index contributed by atoms with van der Waals surface area (Å²) in [6, 6.07) is 10.6. The average Bonchev–Trinajstić information content (AvgIpc) is 3.15. The number of hydrogen-bond acceptors (Lipinski definition) is 3. The minimum absolute atomic E-state index is 0.229. The van der Waals surface area contributed by atoms with E-state index in [1.165, 1.54) is 12.1 Å². The van der Waals surface area contributed by atoms with Crippen LogP contribution in [0, 0.1) is 5.82 Å². The standard InChI is InChI=1S/C16H15FN2S2/c1-2-9-21-16-18-14(11-5-7-12(17)8-6-11)15(19-16)13-4-3-10-20-13/h3-8,10H,2,9H2,1H3,(H,18,19). The van der Waals surface area contributed by atoms with Gasteiger partial charge in [-0.3, -0.25) is 0 Å². The van der Waals surface area contributed by atoms with Gasteiger partial charge < -0.3 is 4.98 Å². The van der Waals surface area contributed by atoms with E-state index in [9.17, 15) is 4.39 Å². The van der Waals surface area contributed by atoms with Crippen molar-refractivity contribution in [3.05, 3.63) is 47.6 Å². The van der Waals surface area contributed by atoms with Crippen LogP contribution in [-0.4, -0.2) is 15.7 Å². The molecule has 5 heteroatoms. The molecule has 0 aliphatic rings. The molecule has 0 bridgehead atoms. The Hall–Kier alpha value is -1.59. The van der Waals surface area contributed by atoms with Crippen LogP contribution in [0.15, 0.2) is 46.9 Å². The Morgan fingerprint density at radius 1 is 1.24 bits per heavy atom. The fraction of sp³-hybridized carbons (Fsp3) is 0.188. The monoisotopic (exact) mass is 318 g/mol. The first kappa shape index (κ1) is 14.4. The number of benzene rings is 1. The highest BCUT2D eigenvalue weighted by Gasteiger charge is 2.15. The summed E-state index contributed by atoms with van der Waals surface area (Å²) in [6.45, 7) is 2.15. The highest BCUT2D eigenvalue weighted by molar-refractivity contribution is 7.99. The van der Waals surface area contributed by atoms with Gasteiger partial charge in [0.05, 0.1) is 16.3 Å². The van der Waals surface area contributed by atoms with E-state index in [-0.39, 0.29) is 5.82 Å². The van der Waals surface area contributed by atoms with Crippen molar-refractivity contribution in [1.29, 1.82) is 0 Å². The zero-order chi connectivity index (χ0) is 14.7. The van der Waals surface area contributed by atoms with Crippen LogP contribution in [0.1, 0.15) is 13.3 Å². The summed E-state index contributed by atoms with van der Waals surface area (Å²) in [4.78, 5) is 9.24. The number of rotatable bonds is 5. The fourth-order valence-electron chi connectivity index (χ4n) is 2.03. The summed E-state index contributed by atoms with van der Waals surface area (Å²) in [6.07, 6.45) is 1.10. The van der Waals surface area contributed by atoms with Gasteiger partial charge in [-0.1, -0.05) is 24.8 Å². The lowest BCUT2D eigenvalue weighted by Gasteiger charge is -2.00. The molecule has 2 nitrogen and oxygen atoms in total. The predicted octanol–water partition coefficient (Wildman–Crippen LogP) is 5.45. The Morgan fingerprint density at radius 3 is 2.71 bits per heavy atom. The number of nitrogens with one attached hydrogen (secondary N) is 1. The van der Waals surface area contributed by atoms with Gasteiger partial charge in [0, 0.05) is 11.3 Å². The lowest BCUT2D eigenvalue weighted by Crippen LogP contribution is -1.82. The number of thiophene rings is 1. The Morgan fingerprint density at radius 2 is 2.05 bits per heavy atom. The van der Waals surface area contributed by atoms with Crippen LogP contribution >= 0.6 is 23.1 Å². The second-order valence-corrected chi connectivity index (χ2v) is 6.63. The van der Waals surface area contributed by atoms with E-state index in [0.717, 1.165) is 39.2 Å². The normalized spacial score (nSPS) is 11.0. The second kappa shape index (κ2) is 6.45. The lowest BCUT2D eigenvalue weighted by atomic mass is 10.1. The maximum absolute atomic E-state index is 13.1. The van der Waals surface area contributed by atoms with E-state index in [1.807, 2.05) is 11.4 Å². The van der Waals surface area contributed by atoms with E-state index in [1.54, 1.807) is 35.2 Å². The number of thioether (sulfide) groups is 1. The molecule has 0 unspecified atom stereocenters. The van der Waals surface area contributed by atoms with Gasteiger partial charge in [0.2, 0.25) is 0 Å². The third-order valence-electron chi connectivity index (χ3n) is 3.01. The van der Waals surface area contributed by atoms with Crippen molar-refractivity contribution in [1.82, 2.24) is 9.97 Å². The van der Waals surface area contributed by atoms with Crippen molar-refractivity contribution in [3.8, 4) is 21.8 Å². The van der Waals surface area contributed by atoms with Crippen molar-refractivity contribution in [2.45, 2.75) is 18.5 Å². The molecule has 21 heavy (non-hydrogen) atoms. The van der Waals surface area contributed by atoms with E-state index < -0.39 is 0 Å². The predicted molar refractivity (Wildman–Crippen MR) is 88.3 cm³/mol. The first-order valence-electron chi connectivity index (χ1n) is 6.80. The lowest BCUT2D eigenvalue weighted by molar-refractivity contribution is 0.628. The summed E-state index contributed by atoms with van der Waals surface area (Å²) in [7, 11) is 0. The molecule has 3 aromatic rings. The summed E-state index contributed by atoms with van der Waals surface area (Å²) in [5.74, 6) is 0.799. The molecule has 1 aromatic carbocycles. The van der Waals surface area contributed by atoms with Gasteiger partial charge in [0.15, 0.2) is 5.16 Å². The number of imidazole rings is 1. The average molecular weight is 318 g/mol. The molecule has 0 atom stereocenters. The molecular weight excluding hydrogens is 303 g/mol. The zero-order valence-corrected chi connectivity index (χ0v) is 13.2. The zero-order valence-electron chi connectivity index (χ0n) is 11.6. The summed E-state index contributed by atoms with van der Waals surface area (Å²) in [5, 5.41) is 2.96. The summed E-state index contributed by atoms with van der Waals surface area (Å²) >= 11 is 3.38. The number of H-pyrrole nitrogens is 1. The molecule has 0 aliphatic heterocycles. The third-order valence-corrected chi connectivity index (χ3v) is 4.98. The second-order valence-electron chi connectivity index (χ2n) is 4.60. The topological polar surface area (TPSA) is 28.7 Å². The molecule has 0 amide bonds. The molecular formula is C16H15FN2S2. The largest absolute Gasteiger partial charge is 0.332 e. The molecule has 0 radical (unpaired) electrons. The van der Waals surface area contributed by atoms with E-state index in [2.05, 4.69) is 18.0 Å². The van der Waals surface area contributed by atoms with Crippen LogP contribution in [-0.2, 0) is 0 Å². The highest BCUT2D eigenvalue weighted by atomic mass is 32.2. The minimum atomic E-state index is -0.229. The van der Waals surface area contributed by atoms with Crippen molar-refractivity contribution < 1.29 is 4.39 Å². The van der Waals surface area contributed by atoms with Crippen LogP contribution in [0.5, 0.6) is 0 Å². The van der Waals surface area contributed by atoms with E-state index >= 15 is 0 Å². The Bertz CT molecular complexity index is 702. The van der Waals surface area contributed by atoms with Gasteiger partial charge in [-0.05, 0) is 42.1 Å². The van der Waals surface area contributed by atoms with Crippen LogP contribution in [0.4, 0.5) is 4.39 Å². The Labute approximate surface area is 131 Å². The fourth-order valence-corrected chi connectivity index (χ4v) is 3.49. The maximum atomic E-state index is 13.1. The SMILES string of the molecule is CCCSc1nc(-c2ccc(F)cc2)c(-c2cccs2)[nH]1. The van der Waals surface area contributed by atoms with Crippen LogP contribution in [0.3, 0.4) is 0 Å². The molecule has 0 fully saturated rings. The summed E-state index contributed by atoms with van der Waals surface area (Å²) < 4.78 is 13.1. The van der Waals surface area contributed by atoms with Gasteiger partial charge in [0.1, 0.15) is 5.82 Å². The molecule has 108 valence electrons. The number of aromatic nitrogens is 2. The van der Waals surface area contributed by atoms with Gasteiger partial charge >= 0.3 is 0 Å². The van der Waals surface area contributed by atoms with Gasteiger partial charge in [-0.15, -0.1) is 11.3 Å². The van der Waals surface area contributed by atoms with Crippen molar-refractivity contribution in [2.24, 2.45) is 0 Å². The highest BCUT2D eigenvalue weighted by Crippen LogP contribution is 2.35. The van der Waals surface area contributed by atoms with Crippen molar-refractivity contribution in [3.63, 3.8) is 0 Å². The third kappa shape index (κ3) is 3.19. The molecule has 0 spiro atoms. The van der Waals surface area contributed by atoms with E-state index in [4.69, 9.17) is 4.98 Å². The molecule has 0 saturated carbocycles. The van der Waals surface area contributed by atoms with Gasteiger partial charge in [-0.2, -0.15) is 0 Å². The quantitative estimate of drug-likeness (QED) is 0.634. The number of halogens is 1. The maximum Gasteiger partial charge on any atom is 0.166 e. The van der Waals surface area contributed by atoms with Crippen molar-refractivity contribution >= 4 is 23.1 Å². The first-order chi connectivity index (χ1) is 10.3. The number of hydrogen-bond donors (Lipinski definition) is 1. The number of nitrogens with zero attached hydrogens (tertiary/aromatic N) is 1. The Kier molecular flexibility index (Phi) is 4.41. The number of aromatic amines is 1. The molecule has 2 heterocycles. The van der Waals surface area contributed by atoms with E-state index in [0.29, 0.717) is 0 Å². The minimum Gasteiger partial charge on any atom is -0.332 e.